The van der Waals surface area contributed by atoms with Gasteiger partial charge in [0.05, 0.1) is 5.56 Å². The maximum atomic E-state index is 11.8. The minimum atomic E-state index is -0.584. The van der Waals surface area contributed by atoms with E-state index in [0.29, 0.717) is 28.2 Å². The number of halogens is 1. The smallest absolute Gasteiger partial charge is 0.339 e. The highest BCUT2D eigenvalue weighted by Gasteiger charge is 2.13. The van der Waals surface area contributed by atoms with Gasteiger partial charge < -0.3 is 15.8 Å². The maximum Gasteiger partial charge on any atom is 0.339 e. The van der Waals surface area contributed by atoms with Crippen molar-refractivity contribution < 1.29 is 14.3 Å². The number of nitrogens with two attached hydrogens (primary N) is 1. The molecular weight excluding hydrogens is 312 g/mol. The van der Waals surface area contributed by atoms with Crippen LogP contribution in [-0.4, -0.2) is 25.0 Å². The summed E-state index contributed by atoms with van der Waals surface area (Å²) in [5.41, 5.74) is 6.35. The standard InChI is InChI=1S/C13H17BrN2O3/c1-8(2)6-16-12(17)7-19-13(18)10-5-9(15)3-4-11(10)14/h3-5,8H,6-7,15H2,1-2H3,(H,16,17). The van der Waals surface area contributed by atoms with Crippen LogP contribution in [0.5, 0.6) is 0 Å². The Balaban J connectivity index is 2.51. The summed E-state index contributed by atoms with van der Waals surface area (Å²) in [6, 6.07) is 4.82. The van der Waals surface area contributed by atoms with Gasteiger partial charge in [0.15, 0.2) is 6.61 Å². The third-order valence-corrected chi connectivity index (χ3v) is 2.94. The van der Waals surface area contributed by atoms with Crippen LogP contribution >= 0.6 is 15.9 Å². The highest BCUT2D eigenvalue weighted by Crippen LogP contribution is 2.20. The summed E-state index contributed by atoms with van der Waals surface area (Å²) < 4.78 is 5.50. The van der Waals surface area contributed by atoms with Crippen molar-refractivity contribution in [3.8, 4) is 0 Å². The lowest BCUT2D eigenvalue weighted by Crippen LogP contribution is -2.31. The molecule has 0 aliphatic heterocycles. The van der Waals surface area contributed by atoms with Crippen LogP contribution in [-0.2, 0) is 9.53 Å². The van der Waals surface area contributed by atoms with E-state index in [1.807, 2.05) is 13.8 Å². The molecule has 0 heterocycles. The number of anilines is 1. The van der Waals surface area contributed by atoms with E-state index >= 15 is 0 Å². The van der Waals surface area contributed by atoms with Gasteiger partial charge in [0.1, 0.15) is 0 Å². The molecule has 0 atom stereocenters. The second-order valence-corrected chi connectivity index (χ2v) is 5.37. The predicted octanol–water partition coefficient (Wildman–Crippen LogP) is 1.96. The monoisotopic (exact) mass is 328 g/mol. The van der Waals surface area contributed by atoms with Crippen molar-refractivity contribution in [2.75, 3.05) is 18.9 Å². The largest absolute Gasteiger partial charge is 0.452 e. The fourth-order valence-electron chi connectivity index (χ4n) is 1.28. The number of carbonyl (C=O) groups excluding carboxylic acids is 2. The number of carbonyl (C=O) groups is 2. The van der Waals surface area contributed by atoms with Crippen LogP contribution in [0.1, 0.15) is 24.2 Å². The normalized spacial score (nSPS) is 10.3. The summed E-state index contributed by atoms with van der Waals surface area (Å²) in [5, 5.41) is 2.66. The number of amides is 1. The van der Waals surface area contributed by atoms with Crippen molar-refractivity contribution in [3.05, 3.63) is 28.2 Å². The number of ether oxygens (including phenoxy) is 1. The Bertz CT molecular complexity index is 475. The lowest BCUT2D eigenvalue weighted by atomic mass is 10.2. The zero-order valence-corrected chi connectivity index (χ0v) is 12.5. The zero-order chi connectivity index (χ0) is 14.4. The first kappa shape index (κ1) is 15.5. The van der Waals surface area contributed by atoms with Gasteiger partial charge in [-0.05, 0) is 40.0 Å². The van der Waals surface area contributed by atoms with Crippen LogP contribution in [0, 0.1) is 5.92 Å². The molecule has 0 aliphatic carbocycles. The minimum Gasteiger partial charge on any atom is -0.452 e. The Morgan fingerprint density at radius 1 is 1.42 bits per heavy atom. The van der Waals surface area contributed by atoms with Gasteiger partial charge in [-0.1, -0.05) is 13.8 Å². The highest BCUT2D eigenvalue weighted by atomic mass is 79.9. The van der Waals surface area contributed by atoms with Crippen LogP contribution in [0.25, 0.3) is 0 Å². The van der Waals surface area contributed by atoms with Gasteiger partial charge in [0.25, 0.3) is 5.91 Å². The topological polar surface area (TPSA) is 81.4 Å². The fourth-order valence-corrected chi connectivity index (χ4v) is 1.69. The first-order valence-corrected chi connectivity index (χ1v) is 6.68. The summed E-state index contributed by atoms with van der Waals surface area (Å²) in [5.74, 6) is -0.552. The van der Waals surface area contributed by atoms with Gasteiger partial charge in [-0.2, -0.15) is 0 Å². The second-order valence-electron chi connectivity index (χ2n) is 4.51. The van der Waals surface area contributed by atoms with E-state index < -0.39 is 5.97 Å². The number of hydrogen-bond acceptors (Lipinski definition) is 4. The summed E-state index contributed by atoms with van der Waals surface area (Å²) >= 11 is 3.23. The predicted molar refractivity (Wildman–Crippen MR) is 76.7 cm³/mol. The number of nitrogens with one attached hydrogen (secondary N) is 1. The van der Waals surface area contributed by atoms with Gasteiger partial charge in [0, 0.05) is 16.7 Å². The Hall–Kier alpha value is -1.56. The lowest BCUT2D eigenvalue weighted by molar-refractivity contribution is -0.124. The van der Waals surface area contributed by atoms with Crippen molar-refractivity contribution in [2.45, 2.75) is 13.8 Å². The van der Waals surface area contributed by atoms with E-state index in [0.717, 1.165) is 0 Å². The quantitative estimate of drug-likeness (QED) is 0.639. The van der Waals surface area contributed by atoms with E-state index in [1.165, 1.54) is 6.07 Å². The van der Waals surface area contributed by atoms with E-state index in [2.05, 4.69) is 21.2 Å². The Kier molecular flexibility index (Phi) is 5.82. The summed E-state index contributed by atoms with van der Waals surface area (Å²) in [6.45, 7) is 4.22. The molecule has 1 aromatic carbocycles. The first-order chi connectivity index (χ1) is 8.90. The van der Waals surface area contributed by atoms with Crippen LogP contribution in [0.15, 0.2) is 22.7 Å². The van der Waals surface area contributed by atoms with Gasteiger partial charge in [-0.25, -0.2) is 4.79 Å². The van der Waals surface area contributed by atoms with E-state index in [1.54, 1.807) is 12.1 Å². The first-order valence-electron chi connectivity index (χ1n) is 5.89. The molecule has 0 aliphatic rings. The van der Waals surface area contributed by atoms with E-state index in [4.69, 9.17) is 10.5 Å². The molecule has 0 unspecified atom stereocenters. The number of rotatable bonds is 5. The molecule has 1 amide bonds. The molecule has 5 nitrogen and oxygen atoms in total. The van der Waals surface area contributed by atoms with Crippen molar-refractivity contribution >= 4 is 33.5 Å². The Labute approximate surface area is 120 Å². The second kappa shape index (κ2) is 7.13. The molecule has 0 saturated heterocycles. The van der Waals surface area contributed by atoms with E-state index in [9.17, 15) is 9.59 Å². The molecule has 0 radical (unpaired) electrons. The molecule has 19 heavy (non-hydrogen) atoms. The number of hydrogen-bond donors (Lipinski definition) is 2. The van der Waals surface area contributed by atoms with Gasteiger partial charge >= 0.3 is 5.97 Å². The average Bonchev–Trinajstić information content (AvgIpc) is 2.36. The summed E-state index contributed by atoms with van der Waals surface area (Å²) in [6.07, 6.45) is 0. The van der Waals surface area contributed by atoms with Gasteiger partial charge in [0.2, 0.25) is 0 Å². The van der Waals surface area contributed by atoms with Crippen LogP contribution in [0.2, 0.25) is 0 Å². The molecule has 0 fully saturated rings. The number of nitrogen functional groups attached to an aromatic ring is 1. The average molecular weight is 329 g/mol. The van der Waals surface area contributed by atoms with Crippen molar-refractivity contribution in [1.82, 2.24) is 5.32 Å². The SMILES string of the molecule is CC(C)CNC(=O)COC(=O)c1cc(N)ccc1Br. The molecule has 0 spiro atoms. The van der Waals surface area contributed by atoms with Crippen molar-refractivity contribution in [2.24, 2.45) is 5.92 Å². The molecule has 104 valence electrons. The number of benzene rings is 1. The maximum absolute atomic E-state index is 11.8. The molecule has 3 N–H and O–H groups in total. The molecule has 6 heteroatoms. The number of esters is 1. The molecule has 1 rings (SSSR count). The Morgan fingerprint density at radius 3 is 2.74 bits per heavy atom. The molecule has 1 aromatic rings. The van der Waals surface area contributed by atoms with Crippen molar-refractivity contribution in [3.63, 3.8) is 0 Å². The fraction of sp³-hybridized carbons (Fsp3) is 0.385. The molecule has 0 aromatic heterocycles. The molecular formula is C13H17BrN2O3. The van der Waals surface area contributed by atoms with Crippen molar-refractivity contribution in [1.29, 1.82) is 0 Å². The Morgan fingerprint density at radius 2 is 2.11 bits per heavy atom. The van der Waals surface area contributed by atoms with Crippen LogP contribution in [0.4, 0.5) is 5.69 Å². The summed E-state index contributed by atoms with van der Waals surface area (Å²) in [7, 11) is 0. The zero-order valence-electron chi connectivity index (χ0n) is 10.9. The molecule has 0 bridgehead atoms. The third kappa shape index (κ3) is 5.30. The van der Waals surface area contributed by atoms with Gasteiger partial charge in [-0.15, -0.1) is 0 Å². The minimum absolute atomic E-state index is 0.299. The lowest BCUT2D eigenvalue weighted by Gasteiger charge is -2.09. The van der Waals surface area contributed by atoms with Crippen LogP contribution in [0.3, 0.4) is 0 Å². The molecule has 0 saturated carbocycles. The van der Waals surface area contributed by atoms with Crippen LogP contribution < -0.4 is 11.1 Å². The highest BCUT2D eigenvalue weighted by molar-refractivity contribution is 9.10. The summed E-state index contributed by atoms with van der Waals surface area (Å²) in [4.78, 5) is 23.2. The third-order valence-electron chi connectivity index (χ3n) is 2.25. The van der Waals surface area contributed by atoms with E-state index in [-0.39, 0.29) is 12.5 Å². The van der Waals surface area contributed by atoms with Gasteiger partial charge in [-0.3, -0.25) is 4.79 Å².